The number of rotatable bonds is 9. The van der Waals surface area contributed by atoms with Gasteiger partial charge >= 0.3 is 6.09 Å². The van der Waals surface area contributed by atoms with Gasteiger partial charge in [-0.25, -0.2) is 4.79 Å². The van der Waals surface area contributed by atoms with Gasteiger partial charge in [-0.15, -0.1) is 24.0 Å². The average Bonchev–Trinajstić information content (AvgIpc) is 3.48. The van der Waals surface area contributed by atoms with Crippen molar-refractivity contribution in [2.24, 2.45) is 16.8 Å². The number of nitrogens with one attached hydrogen (secondary N) is 1. The lowest BCUT2D eigenvalue weighted by Gasteiger charge is -2.36. The maximum atomic E-state index is 12.4. The summed E-state index contributed by atoms with van der Waals surface area (Å²) in [5.41, 5.74) is -0.451. The number of nitrogens with zero attached hydrogens (tertiary/aromatic N) is 3. The van der Waals surface area contributed by atoms with E-state index in [-0.39, 0.29) is 30.1 Å². The number of halogens is 1. The molecule has 2 aliphatic rings. The molecule has 1 saturated carbocycles. The molecule has 1 heterocycles. The highest BCUT2D eigenvalue weighted by Gasteiger charge is 2.27. The van der Waals surface area contributed by atoms with E-state index in [0.717, 1.165) is 57.5 Å². The normalized spacial score (nSPS) is 18.0. The Kier molecular flexibility index (Phi) is 12.4. The summed E-state index contributed by atoms with van der Waals surface area (Å²) in [4.78, 5) is 21.3. The van der Waals surface area contributed by atoms with Crippen molar-refractivity contribution in [3.05, 3.63) is 0 Å². The number of carbonyl (C=O) groups is 1. The zero-order valence-corrected chi connectivity index (χ0v) is 21.9. The molecule has 1 aliphatic carbocycles. The number of piperidine rings is 1. The molecule has 0 unspecified atom stereocenters. The van der Waals surface area contributed by atoms with E-state index in [1.807, 2.05) is 32.6 Å². The van der Waals surface area contributed by atoms with E-state index in [1.165, 1.54) is 12.8 Å². The van der Waals surface area contributed by atoms with Gasteiger partial charge in [0.05, 0.1) is 13.2 Å². The Balaban J connectivity index is 0.00000450. The molecule has 2 rings (SSSR count). The van der Waals surface area contributed by atoms with Crippen LogP contribution in [0.5, 0.6) is 0 Å². The largest absolute Gasteiger partial charge is 0.444 e. The molecule has 0 bridgehead atoms. The van der Waals surface area contributed by atoms with Crippen LogP contribution in [0.4, 0.5) is 4.79 Å². The third-order valence-corrected chi connectivity index (χ3v) is 5.31. The lowest BCUT2D eigenvalue weighted by atomic mass is 9.96. The average molecular weight is 539 g/mol. The number of amides is 1. The van der Waals surface area contributed by atoms with Crippen molar-refractivity contribution in [1.82, 2.24) is 15.1 Å². The van der Waals surface area contributed by atoms with Gasteiger partial charge in [0, 0.05) is 39.3 Å². The van der Waals surface area contributed by atoms with Crippen molar-refractivity contribution >= 4 is 36.0 Å². The van der Waals surface area contributed by atoms with Gasteiger partial charge in [-0.05, 0) is 72.1 Å². The van der Waals surface area contributed by atoms with E-state index < -0.39 is 5.60 Å². The molecule has 0 aromatic heterocycles. The predicted octanol–water partition coefficient (Wildman–Crippen LogP) is 3.97. The van der Waals surface area contributed by atoms with Gasteiger partial charge in [0.15, 0.2) is 5.96 Å². The summed E-state index contributed by atoms with van der Waals surface area (Å²) in [6, 6.07) is 0. The molecule has 7 nitrogen and oxygen atoms in total. The second kappa shape index (κ2) is 13.6. The zero-order chi connectivity index (χ0) is 21.3. The lowest BCUT2D eigenvalue weighted by Crippen LogP contribution is -2.48. The Morgan fingerprint density at radius 2 is 1.80 bits per heavy atom. The number of hydrogen-bond donors (Lipinski definition) is 1. The maximum Gasteiger partial charge on any atom is 0.410 e. The Labute approximate surface area is 200 Å². The molecular formula is C22H43IN4O3. The van der Waals surface area contributed by atoms with Gasteiger partial charge in [0.25, 0.3) is 0 Å². The smallest absolute Gasteiger partial charge is 0.410 e. The number of hydrogen-bond acceptors (Lipinski definition) is 4. The van der Waals surface area contributed by atoms with E-state index >= 15 is 0 Å². The highest BCUT2D eigenvalue weighted by atomic mass is 127. The number of aliphatic imine (C=N–C) groups is 1. The van der Waals surface area contributed by atoms with Crippen LogP contribution in [0.25, 0.3) is 0 Å². The van der Waals surface area contributed by atoms with Crippen molar-refractivity contribution in [1.29, 1.82) is 0 Å². The highest BCUT2D eigenvalue weighted by molar-refractivity contribution is 14.0. The fourth-order valence-corrected chi connectivity index (χ4v) is 3.47. The Morgan fingerprint density at radius 3 is 2.33 bits per heavy atom. The SMILES string of the molecule is CCNC(=NCCOCC1CC1)N1CCC(CN(CC)C(=O)OC(C)(C)C)CC1.I. The second-order valence-electron chi connectivity index (χ2n) is 9.20. The minimum atomic E-state index is -0.451. The van der Waals surface area contributed by atoms with E-state index in [4.69, 9.17) is 14.5 Å². The molecule has 176 valence electrons. The van der Waals surface area contributed by atoms with Crippen molar-refractivity contribution < 1.29 is 14.3 Å². The molecule has 0 atom stereocenters. The summed E-state index contributed by atoms with van der Waals surface area (Å²) < 4.78 is 11.2. The van der Waals surface area contributed by atoms with Gasteiger partial charge in [0.2, 0.25) is 0 Å². The Morgan fingerprint density at radius 1 is 1.13 bits per heavy atom. The van der Waals surface area contributed by atoms with Crippen LogP contribution in [-0.2, 0) is 9.47 Å². The van der Waals surface area contributed by atoms with E-state index in [2.05, 4.69) is 17.1 Å². The quantitative estimate of drug-likeness (QED) is 0.208. The third kappa shape index (κ3) is 10.5. The van der Waals surface area contributed by atoms with Crippen molar-refractivity contribution in [3.8, 4) is 0 Å². The van der Waals surface area contributed by atoms with Gasteiger partial charge in [0.1, 0.15) is 5.60 Å². The molecule has 30 heavy (non-hydrogen) atoms. The van der Waals surface area contributed by atoms with Crippen LogP contribution in [0.1, 0.15) is 60.3 Å². The van der Waals surface area contributed by atoms with Crippen molar-refractivity contribution in [2.75, 3.05) is 52.5 Å². The van der Waals surface area contributed by atoms with Gasteiger partial charge < -0.3 is 24.6 Å². The molecule has 1 saturated heterocycles. The molecule has 1 N–H and O–H groups in total. The van der Waals surface area contributed by atoms with E-state index in [1.54, 1.807) is 0 Å². The standard InChI is InChI=1S/C22H42N4O3.HI/c1-6-23-20(24-12-15-28-17-19-8-9-19)26-13-10-18(11-14-26)16-25(7-2)21(27)29-22(3,4)5;/h18-19H,6-17H2,1-5H3,(H,23,24);1H. The summed E-state index contributed by atoms with van der Waals surface area (Å²) in [7, 11) is 0. The number of likely N-dealkylation sites (tertiary alicyclic amines) is 1. The Bertz CT molecular complexity index is 527. The fraction of sp³-hybridized carbons (Fsp3) is 0.909. The van der Waals surface area contributed by atoms with Crippen LogP contribution in [0, 0.1) is 11.8 Å². The topological polar surface area (TPSA) is 66.4 Å². The van der Waals surface area contributed by atoms with E-state index in [9.17, 15) is 4.79 Å². The first-order chi connectivity index (χ1) is 13.8. The zero-order valence-electron chi connectivity index (χ0n) is 19.6. The molecule has 1 aliphatic heterocycles. The minimum absolute atomic E-state index is 0. The summed E-state index contributed by atoms with van der Waals surface area (Å²) in [6.45, 7) is 16.4. The highest BCUT2D eigenvalue weighted by Crippen LogP contribution is 2.28. The summed E-state index contributed by atoms with van der Waals surface area (Å²) in [5.74, 6) is 2.29. The molecule has 2 fully saturated rings. The van der Waals surface area contributed by atoms with Crippen LogP contribution < -0.4 is 5.32 Å². The third-order valence-electron chi connectivity index (χ3n) is 5.31. The number of ether oxygens (including phenoxy) is 2. The van der Waals surface area contributed by atoms with Gasteiger partial charge in [-0.2, -0.15) is 0 Å². The van der Waals surface area contributed by atoms with Crippen LogP contribution in [-0.4, -0.2) is 79.9 Å². The van der Waals surface area contributed by atoms with Crippen LogP contribution in [0.3, 0.4) is 0 Å². The van der Waals surface area contributed by atoms with Gasteiger partial charge in [-0.1, -0.05) is 0 Å². The lowest BCUT2D eigenvalue weighted by molar-refractivity contribution is 0.0214. The number of guanidine groups is 1. The van der Waals surface area contributed by atoms with Crippen LogP contribution >= 0.6 is 24.0 Å². The first-order valence-corrected chi connectivity index (χ1v) is 11.4. The minimum Gasteiger partial charge on any atom is -0.444 e. The first-order valence-electron chi connectivity index (χ1n) is 11.4. The Hall–Kier alpha value is -0.770. The maximum absolute atomic E-state index is 12.4. The molecule has 0 radical (unpaired) electrons. The molecule has 0 aromatic carbocycles. The second-order valence-corrected chi connectivity index (χ2v) is 9.20. The molecular weight excluding hydrogens is 495 g/mol. The molecule has 0 spiro atoms. The van der Waals surface area contributed by atoms with Crippen LogP contribution in [0.2, 0.25) is 0 Å². The predicted molar refractivity (Wildman–Crippen MR) is 133 cm³/mol. The van der Waals surface area contributed by atoms with Crippen molar-refractivity contribution in [2.45, 2.75) is 65.9 Å². The van der Waals surface area contributed by atoms with Crippen LogP contribution in [0.15, 0.2) is 4.99 Å². The summed E-state index contributed by atoms with van der Waals surface area (Å²) >= 11 is 0. The summed E-state index contributed by atoms with van der Waals surface area (Å²) in [6.07, 6.45) is 4.56. The fourth-order valence-electron chi connectivity index (χ4n) is 3.47. The molecule has 0 aromatic rings. The molecule has 8 heteroatoms. The van der Waals surface area contributed by atoms with E-state index in [0.29, 0.717) is 25.6 Å². The summed E-state index contributed by atoms with van der Waals surface area (Å²) in [5, 5.41) is 3.41. The molecule has 1 amide bonds. The first kappa shape index (κ1) is 27.3. The number of carbonyl (C=O) groups excluding carboxylic acids is 1. The van der Waals surface area contributed by atoms with Crippen molar-refractivity contribution in [3.63, 3.8) is 0 Å². The monoisotopic (exact) mass is 538 g/mol. The van der Waals surface area contributed by atoms with Gasteiger partial charge in [-0.3, -0.25) is 4.99 Å².